The number of aromatic amines is 1. The minimum Gasteiger partial charge on any atom is -0.395 e. The van der Waals surface area contributed by atoms with Crippen LogP contribution in [0.15, 0.2) is 36.9 Å². The van der Waals surface area contributed by atoms with Crippen molar-refractivity contribution in [2.24, 2.45) is 0 Å². The highest BCUT2D eigenvalue weighted by Crippen LogP contribution is 2.34. The van der Waals surface area contributed by atoms with Gasteiger partial charge < -0.3 is 15.4 Å². The Bertz CT molecular complexity index is 1250. The Labute approximate surface area is 177 Å². The van der Waals surface area contributed by atoms with Crippen LogP contribution in [0.3, 0.4) is 0 Å². The lowest BCUT2D eigenvalue weighted by Gasteiger charge is -2.15. The van der Waals surface area contributed by atoms with Gasteiger partial charge in [0.25, 0.3) is 0 Å². The first kappa shape index (κ1) is 19.8. The molecular weight excluding hydrogens is 404 g/mol. The number of hydrogen-bond donors (Lipinski definition) is 3. The van der Waals surface area contributed by atoms with Crippen LogP contribution < -0.4 is 5.32 Å². The second kappa shape index (κ2) is 7.74. The molecule has 0 saturated heterocycles. The number of nitrogens with one attached hydrogen (secondary N) is 2. The standard InChI is InChI=1S/C20H19ClN8O/c1-20(2,11-22)29-10-14(16-3-4-23-19(27-16)24-5-6-30)17(28-29)12-7-13-15(21)9-26-18(13)25-8-12/h3-4,7-10,30H,5-6H2,1-2H3,(H,25,26)(H,23,24,27). The Kier molecular flexibility index (Phi) is 5.11. The van der Waals surface area contributed by atoms with Crippen LogP contribution in [0.5, 0.6) is 0 Å². The molecule has 0 fully saturated rings. The third-order valence-electron chi connectivity index (χ3n) is 4.64. The molecule has 30 heavy (non-hydrogen) atoms. The average Bonchev–Trinajstić information content (AvgIpc) is 3.37. The van der Waals surface area contributed by atoms with Gasteiger partial charge in [0, 0.05) is 47.8 Å². The lowest BCUT2D eigenvalue weighted by Crippen LogP contribution is -2.24. The van der Waals surface area contributed by atoms with Gasteiger partial charge in [-0.1, -0.05) is 11.6 Å². The van der Waals surface area contributed by atoms with E-state index in [0.717, 1.165) is 16.5 Å². The summed E-state index contributed by atoms with van der Waals surface area (Å²) in [6.07, 6.45) is 6.81. The highest BCUT2D eigenvalue weighted by molar-refractivity contribution is 6.35. The molecule has 0 radical (unpaired) electrons. The number of nitriles is 1. The molecule has 0 aliphatic heterocycles. The number of H-pyrrole nitrogens is 1. The normalized spacial score (nSPS) is 11.6. The summed E-state index contributed by atoms with van der Waals surface area (Å²) in [5.41, 5.74) is 2.54. The molecule has 4 rings (SSSR count). The fraction of sp³-hybridized carbons (Fsp3) is 0.250. The first-order chi connectivity index (χ1) is 14.4. The van der Waals surface area contributed by atoms with Gasteiger partial charge in [0.05, 0.1) is 23.4 Å². The maximum absolute atomic E-state index is 9.58. The van der Waals surface area contributed by atoms with Crippen LogP contribution in [0.4, 0.5) is 5.95 Å². The quantitative estimate of drug-likeness (QED) is 0.435. The number of pyridine rings is 1. The van der Waals surface area contributed by atoms with E-state index in [-0.39, 0.29) is 6.61 Å². The zero-order valence-corrected chi connectivity index (χ0v) is 17.1. The Balaban J connectivity index is 1.89. The van der Waals surface area contributed by atoms with E-state index in [1.54, 1.807) is 49.4 Å². The molecule has 0 spiro atoms. The van der Waals surface area contributed by atoms with E-state index in [0.29, 0.717) is 34.6 Å². The van der Waals surface area contributed by atoms with Crippen molar-refractivity contribution in [2.45, 2.75) is 19.4 Å². The lowest BCUT2D eigenvalue weighted by molar-refractivity contribution is 0.311. The van der Waals surface area contributed by atoms with Gasteiger partial charge >= 0.3 is 0 Å². The number of fused-ring (bicyclic) bond motifs is 1. The maximum Gasteiger partial charge on any atom is 0.223 e. The van der Waals surface area contributed by atoms with Crippen LogP contribution >= 0.6 is 11.6 Å². The number of aliphatic hydroxyl groups excluding tert-OH is 1. The van der Waals surface area contributed by atoms with Crippen molar-refractivity contribution in [3.63, 3.8) is 0 Å². The largest absolute Gasteiger partial charge is 0.395 e. The van der Waals surface area contributed by atoms with E-state index >= 15 is 0 Å². The van der Waals surface area contributed by atoms with Crippen LogP contribution in [0, 0.1) is 11.3 Å². The monoisotopic (exact) mass is 422 g/mol. The number of nitrogens with zero attached hydrogens (tertiary/aromatic N) is 6. The molecule has 0 aliphatic rings. The average molecular weight is 423 g/mol. The van der Waals surface area contributed by atoms with E-state index < -0.39 is 5.54 Å². The maximum atomic E-state index is 9.58. The van der Waals surface area contributed by atoms with Crippen molar-refractivity contribution in [1.82, 2.24) is 29.7 Å². The zero-order valence-electron chi connectivity index (χ0n) is 16.4. The van der Waals surface area contributed by atoms with Gasteiger partial charge in [0.2, 0.25) is 5.95 Å². The Morgan fingerprint density at radius 1 is 1.37 bits per heavy atom. The molecule has 0 unspecified atom stereocenters. The van der Waals surface area contributed by atoms with Crippen LogP contribution in [0.2, 0.25) is 5.02 Å². The summed E-state index contributed by atoms with van der Waals surface area (Å²) in [6, 6.07) is 5.93. The van der Waals surface area contributed by atoms with Crippen molar-refractivity contribution in [3.05, 3.63) is 41.9 Å². The van der Waals surface area contributed by atoms with E-state index in [1.807, 2.05) is 6.07 Å². The van der Waals surface area contributed by atoms with Gasteiger partial charge in [-0.3, -0.25) is 4.68 Å². The van der Waals surface area contributed by atoms with Crippen LogP contribution in [-0.2, 0) is 5.54 Å². The fourth-order valence-corrected chi connectivity index (χ4v) is 3.17. The third-order valence-corrected chi connectivity index (χ3v) is 4.95. The third kappa shape index (κ3) is 3.58. The molecule has 152 valence electrons. The van der Waals surface area contributed by atoms with Gasteiger partial charge in [-0.2, -0.15) is 10.4 Å². The lowest BCUT2D eigenvalue weighted by atomic mass is 10.1. The molecule has 0 saturated carbocycles. The molecule has 0 amide bonds. The van der Waals surface area contributed by atoms with Gasteiger partial charge in [0.15, 0.2) is 0 Å². The van der Waals surface area contributed by atoms with Crippen LogP contribution in [-0.4, -0.2) is 48.0 Å². The van der Waals surface area contributed by atoms with Gasteiger partial charge in [-0.15, -0.1) is 0 Å². The summed E-state index contributed by atoms with van der Waals surface area (Å²) in [4.78, 5) is 16.2. The first-order valence-electron chi connectivity index (χ1n) is 9.25. The number of halogens is 1. The second-order valence-electron chi connectivity index (χ2n) is 7.18. The molecule has 3 N–H and O–H groups in total. The van der Waals surface area contributed by atoms with Crippen molar-refractivity contribution in [1.29, 1.82) is 5.26 Å². The summed E-state index contributed by atoms with van der Waals surface area (Å²) in [6.45, 7) is 3.87. The number of rotatable bonds is 6. The number of anilines is 1. The zero-order chi connectivity index (χ0) is 21.3. The van der Waals surface area contributed by atoms with E-state index in [9.17, 15) is 5.26 Å². The van der Waals surface area contributed by atoms with E-state index in [2.05, 4.69) is 31.3 Å². The molecule has 10 heteroatoms. The Morgan fingerprint density at radius 3 is 2.97 bits per heavy atom. The Hall–Kier alpha value is -3.48. The molecule has 0 atom stereocenters. The van der Waals surface area contributed by atoms with Crippen molar-refractivity contribution >= 4 is 28.6 Å². The molecule has 9 nitrogen and oxygen atoms in total. The first-order valence-corrected chi connectivity index (χ1v) is 9.63. The molecule has 0 bridgehead atoms. The number of hydrogen-bond acceptors (Lipinski definition) is 7. The smallest absolute Gasteiger partial charge is 0.223 e. The van der Waals surface area contributed by atoms with Crippen molar-refractivity contribution in [3.8, 4) is 28.6 Å². The van der Waals surface area contributed by atoms with Crippen molar-refractivity contribution in [2.75, 3.05) is 18.5 Å². The van der Waals surface area contributed by atoms with Crippen molar-refractivity contribution < 1.29 is 5.11 Å². The highest BCUT2D eigenvalue weighted by Gasteiger charge is 2.25. The molecule has 4 aromatic rings. The van der Waals surface area contributed by atoms with Crippen LogP contribution in [0.1, 0.15) is 13.8 Å². The number of aromatic nitrogens is 6. The fourth-order valence-electron chi connectivity index (χ4n) is 2.97. The van der Waals surface area contributed by atoms with E-state index in [1.165, 1.54) is 0 Å². The molecule has 4 heterocycles. The predicted octanol–water partition coefficient (Wildman–Crippen LogP) is 3.20. The summed E-state index contributed by atoms with van der Waals surface area (Å²) in [5, 5.41) is 27.6. The summed E-state index contributed by atoms with van der Waals surface area (Å²) in [7, 11) is 0. The molecule has 0 aliphatic carbocycles. The molecular formula is C20H19ClN8O. The summed E-state index contributed by atoms with van der Waals surface area (Å²) < 4.78 is 1.61. The Morgan fingerprint density at radius 2 is 2.20 bits per heavy atom. The highest BCUT2D eigenvalue weighted by atomic mass is 35.5. The van der Waals surface area contributed by atoms with Crippen LogP contribution in [0.25, 0.3) is 33.5 Å². The predicted molar refractivity (Wildman–Crippen MR) is 114 cm³/mol. The SMILES string of the molecule is CC(C)(C#N)n1cc(-c2ccnc(NCCO)n2)c(-c2cnc3[nH]cc(Cl)c3c2)n1. The van der Waals surface area contributed by atoms with Gasteiger partial charge in [-0.25, -0.2) is 15.0 Å². The van der Waals surface area contributed by atoms with Gasteiger partial charge in [0.1, 0.15) is 16.9 Å². The minimum absolute atomic E-state index is 0.0315. The summed E-state index contributed by atoms with van der Waals surface area (Å²) >= 11 is 6.27. The molecule has 4 aromatic heterocycles. The second-order valence-corrected chi connectivity index (χ2v) is 7.59. The van der Waals surface area contributed by atoms with E-state index in [4.69, 9.17) is 21.8 Å². The van der Waals surface area contributed by atoms with Gasteiger partial charge in [-0.05, 0) is 26.0 Å². The number of aliphatic hydroxyl groups is 1. The minimum atomic E-state index is -0.860. The summed E-state index contributed by atoms with van der Waals surface area (Å²) in [5.74, 6) is 0.391. The topological polar surface area (TPSA) is 128 Å². The molecule has 0 aromatic carbocycles.